The lowest BCUT2D eigenvalue weighted by Crippen LogP contribution is -1.80. The fourth-order valence-corrected chi connectivity index (χ4v) is 0.847. The maximum atomic E-state index is 3.92. The summed E-state index contributed by atoms with van der Waals surface area (Å²) in [7, 11) is 0. The molecule has 0 bridgehead atoms. The molecule has 0 saturated heterocycles. The molecule has 0 fully saturated rings. The average Bonchev–Trinajstić information content (AvgIpc) is 2.12. The first kappa shape index (κ1) is 11.5. The first-order valence-corrected chi connectivity index (χ1v) is 4.34. The zero-order valence-corrected chi connectivity index (χ0v) is 8.59. The quantitative estimate of drug-likeness (QED) is 0.450. The predicted octanol–water partition coefficient (Wildman–Crippen LogP) is 3.64. The number of hydrogen-bond donors (Lipinski definition) is 0. The fraction of sp³-hybridized carbons (Fsp3) is 0.231. The molecule has 0 aliphatic carbocycles. The molecule has 0 rings (SSSR count). The molecule has 0 heterocycles. The normalized spacial score (nSPS) is 11.8. The maximum Gasteiger partial charge on any atom is 0.0311 e. The summed E-state index contributed by atoms with van der Waals surface area (Å²) in [6.07, 6.45) is 9.83. The standard InChI is InChI=1S/C13H16/c1-5-8-11-13(10-7-3)12(4)9-6-2/h5-6,8-9,11H,4H2,1-3H3/b8-5-,9-6-,13-11-. The Morgan fingerprint density at radius 3 is 2.38 bits per heavy atom. The van der Waals surface area contributed by atoms with E-state index in [4.69, 9.17) is 0 Å². The largest absolute Gasteiger partial charge is 0.101 e. The van der Waals surface area contributed by atoms with Crippen LogP contribution in [-0.2, 0) is 0 Å². The van der Waals surface area contributed by atoms with Crippen molar-refractivity contribution in [3.63, 3.8) is 0 Å². The van der Waals surface area contributed by atoms with Crippen LogP contribution in [0.4, 0.5) is 0 Å². The molecule has 0 nitrogen and oxygen atoms in total. The molecular formula is C13H16. The van der Waals surface area contributed by atoms with Crippen LogP contribution in [0.2, 0.25) is 0 Å². The maximum absolute atomic E-state index is 3.92. The molecule has 0 aromatic rings. The van der Waals surface area contributed by atoms with Gasteiger partial charge in [0, 0.05) is 5.57 Å². The molecule has 0 atom stereocenters. The van der Waals surface area contributed by atoms with Crippen molar-refractivity contribution in [1.29, 1.82) is 0 Å². The Kier molecular flexibility index (Phi) is 6.37. The fourth-order valence-electron chi connectivity index (χ4n) is 0.847. The highest BCUT2D eigenvalue weighted by Gasteiger charge is 1.92. The van der Waals surface area contributed by atoms with Gasteiger partial charge in [0.2, 0.25) is 0 Å². The molecule has 0 aromatic heterocycles. The predicted molar refractivity (Wildman–Crippen MR) is 60.3 cm³/mol. The molecule has 68 valence electrons. The van der Waals surface area contributed by atoms with Gasteiger partial charge in [-0.2, -0.15) is 0 Å². The van der Waals surface area contributed by atoms with E-state index >= 15 is 0 Å². The third-order valence-corrected chi connectivity index (χ3v) is 1.43. The van der Waals surface area contributed by atoms with Crippen LogP contribution in [0.25, 0.3) is 0 Å². The van der Waals surface area contributed by atoms with Crippen LogP contribution < -0.4 is 0 Å². The Hall–Kier alpha value is -1.48. The van der Waals surface area contributed by atoms with E-state index in [1.54, 1.807) is 0 Å². The Bertz CT molecular complexity index is 301. The van der Waals surface area contributed by atoms with Crippen molar-refractivity contribution in [2.45, 2.75) is 20.8 Å². The molecule has 0 unspecified atom stereocenters. The third-order valence-electron chi connectivity index (χ3n) is 1.43. The van der Waals surface area contributed by atoms with Crippen LogP contribution in [0.5, 0.6) is 0 Å². The molecular weight excluding hydrogens is 156 g/mol. The Morgan fingerprint density at radius 1 is 1.23 bits per heavy atom. The van der Waals surface area contributed by atoms with Crippen molar-refractivity contribution in [2.24, 2.45) is 0 Å². The van der Waals surface area contributed by atoms with Gasteiger partial charge in [-0.15, -0.1) is 5.92 Å². The van der Waals surface area contributed by atoms with E-state index in [9.17, 15) is 0 Å². The minimum Gasteiger partial charge on any atom is -0.101 e. The second-order valence-corrected chi connectivity index (χ2v) is 2.51. The monoisotopic (exact) mass is 172 g/mol. The molecule has 0 heteroatoms. The van der Waals surface area contributed by atoms with Gasteiger partial charge in [0.05, 0.1) is 0 Å². The van der Waals surface area contributed by atoms with Gasteiger partial charge < -0.3 is 0 Å². The summed E-state index contributed by atoms with van der Waals surface area (Å²) in [5.74, 6) is 5.88. The molecule has 0 saturated carbocycles. The number of hydrogen-bond acceptors (Lipinski definition) is 0. The van der Waals surface area contributed by atoms with Crippen molar-refractivity contribution in [3.05, 3.63) is 48.1 Å². The Morgan fingerprint density at radius 2 is 1.92 bits per heavy atom. The summed E-state index contributed by atoms with van der Waals surface area (Å²) < 4.78 is 0. The van der Waals surface area contributed by atoms with E-state index in [-0.39, 0.29) is 0 Å². The summed E-state index contributed by atoms with van der Waals surface area (Å²) in [5, 5.41) is 0. The average molecular weight is 172 g/mol. The van der Waals surface area contributed by atoms with Crippen LogP contribution >= 0.6 is 0 Å². The van der Waals surface area contributed by atoms with Crippen molar-refractivity contribution < 1.29 is 0 Å². The van der Waals surface area contributed by atoms with E-state index in [2.05, 4.69) is 18.4 Å². The number of rotatable bonds is 3. The molecule has 0 N–H and O–H groups in total. The minimum atomic E-state index is 0.954. The summed E-state index contributed by atoms with van der Waals surface area (Å²) in [6.45, 7) is 9.70. The van der Waals surface area contributed by atoms with Crippen molar-refractivity contribution in [3.8, 4) is 11.8 Å². The van der Waals surface area contributed by atoms with Gasteiger partial charge in [0.1, 0.15) is 0 Å². The van der Waals surface area contributed by atoms with Crippen LogP contribution in [0.3, 0.4) is 0 Å². The van der Waals surface area contributed by atoms with Gasteiger partial charge in [0.25, 0.3) is 0 Å². The summed E-state index contributed by atoms with van der Waals surface area (Å²) in [5.41, 5.74) is 1.92. The zero-order valence-electron chi connectivity index (χ0n) is 8.59. The van der Waals surface area contributed by atoms with Gasteiger partial charge in [-0.05, 0) is 32.4 Å². The van der Waals surface area contributed by atoms with Gasteiger partial charge >= 0.3 is 0 Å². The first-order chi connectivity index (χ1) is 6.26. The lowest BCUT2D eigenvalue weighted by molar-refractivity contribution is 1.57. The Balaban J connectivity index is 4.77. The van der Waals surface area contributed by atoms with E-state index in [1.165, 1.54) is 0 Å². The van der Waals surface area contributed by atoms with Gasteiger partial charge in [-0.1, -0.05) is 36.8 Å². The van der Waals surface area contributed by atoms with Crippen molar-refractivity contribution in [1.82, 2.24) is 0 Å². The van der Waals surface area contributed by atoms with Gasteiger partial charge in [-0.3, -0.25) is 0 Å². The van der Waals surface area contributed by atoms with Crippen LogP contribution in [0, 0.1) is 11.8 Å². The highest BCUT2D eigenvalue weighted by molar-refractivity contribution is 5.50. The summed E-state index contributed by atoms with van der Waals surface area (Å²) in [4.78, 5) is 0. The van der Waals surface area contributed by atoms with Crippen molar-refractivity contribution >= 4 is 0 Å². The molecule has 0 aliphatic rings. The molecule has 0 amide bonds. The highest BCUT2D eigenvalue weighted by Crippen LogP contribution is 2.08. The second-order valence-electron chi connectivity index (χ2n) is 2.51. The van der Waals surface area contributed by atoms with E-state index in [0.29, 0.717) is 0 Å². The second kappa shape index (κ2) is 7.18. The highest BCUT2D eigenvalue weighted by atomic mass is 14.0. The van der Waals surface area contributed by atoms with Gasteiger partial charge in [-0.25, -0.2) is 0 Å². The zero-order chi connectivity index (χ0) is 10.1. The number of allylic oxidation sites excluding steroid dienone is 7. The Labute approximate surface area is 81.4 Å². The molecule has 0 radical (unpaired) electrons. The minimum absolute atomic E-state index is 0.954. The topological polar surface area (TPSA) is 0 Å². The van der Waals surface area contributed by atoms with Crippen LogP contribution in [-0.4, -0.2) is 0 Å². The van der Waals surface area contributed by atoms with E-state index < -0.39 is 0 Å². The van der Waals surface area contributed by atoms with Crippen LogP contribution in [0.1, 0.15) is 20.8 Å². The summed E-state index contributed by atoms with van der Waals surface area (Å²) >= 11 is 0. The summed E-state index contributed by atoms with van der Waals surface area (Å²) in [6, 6.07) is 0. The lowest BCUT2D eigenvalue weighted by atomic mass is 10.1. The first-order valence-electron chi connectivity index (χ1n) is 4.34. The van der Waals surface area contributed by atoms with E-state index in [1.807, 2.05) is 51.2 Å². The SMILES string of the molecule is C=C(/C=C\C)/C(C#CC)=C\C=C/C. The molecule has 13 heavy (non-hydrogen) atoms. The van der Waals surface area contributed by atoms with Crippen molar-refractivity contribution in [2.75, 3.05) is 0 Å². The smallest absolute Gasteiger partial charge is 0.0311 e. The van der Waals surface area contributed by atoms with Crippen LogP contribution in [0.15, 0.2) is 48.1 Å². The molecule has 0 aromatic carbocycles. The lowest BCUT2D eigenvalue weighted by Gasteiger charge is -1.96. The molecule has 0 spiro atoms. The third kappa shape index (κ3) is 4.87. The van der Waals surface area contributed by atoms with Gasteiger partial charge in [0.15, 0.2) is 0 Å². The molecule has 0 aliphatic heterocycles. The van der Waals surface area contributed by atoms with E-state index in [0.717, 1.165) is 11.1 Å².